The molecule has 98 valence electrons. The van der Waals surface area contributed by atoms with Crippen LogP contribution in [0.4, 0.5) is 5.82 Å². The summed E-state index contributed by atoms with van der Waals surface area (Å²) in [5, 5.41) is 5.97. The first-order valence-electron chi connectivity index (χ1n) is 5.92. The van der Waals surface area contributed by atoms with Crippen molar-refractivity contribution < 1.29 is 4.79 Å². The highest BCUT2D eigenvalue weighted by molar-refractivity contribution is 5.80. The summed E-state index contributed by atoms with van der Waals surface area (Å²) in [7, 11) is 1.65. The number of nitrogens with one attached hydrogen (secondary N) is 2. The molecule has 1 saturated heterocycles. The maximum Gasteiger partial charge on any atom is 0.293 e. The van der Waals surface area contributed by atoms with E-state index in [0.29, 0.717) is 13.1 Å². The van der Waals surface area contributed by atoms with E-state index in [1.165, 1.54) is 10.8 Å². The molecule has 0 saturated carbocycles. The molecule has 2 heterocycles. The molecule has 18 heavy (non-hydrogen) atoms. The largest absolute Gasteiger partial charge is 0.356 e. The van der Waals surface area contributed by atoms with Crippen molar-refractivity contribution in [3.05, 3.63) is 22.7 Å². The van der Waals surface area contributed by atoms with Crippen molar-refractivity contribution in [3.8, 4) is 0 Å². The minimum atomic E-state index is -0.231. The Morgan fingerprint density at radius 1 is 1.50 bits per heavy atom. The molecule has 0 spiro atoms. The molecule has 0 aliphatic carbocycles. The highest BCUT2D eigenvalue weighted by atomic mass is 16.2. The maximum atomic E-state index is 11.9. The molecule has 1 fully saturated rings. The van der Waals surface area contributed by atoms with E-state index in [2.05, 4.69) is 15.6 Å². The second kappa shape index (κ2) is 5.63. The van der Waals surface area contributed by atoms with Gasteiger partial charge in [-0.05, 0) is 0 Å². The molecule has 0 aromatic carbocycles. The minimum absolute atomic E-state index is 0.00999. The number of aryl methyl sites for hydroxylation is 1. The van der Waals surface area contributed by atoms with Crippen LogP contribution in [0.3, 0.4) is 0 Å². The number of carbonyl (C=O) groups is 1. The average molecular weight is 251 g/mol. The Labute approximate surface area is 105 Å². The number of anilines is 1. The number of piperazine rings is 1. The van der Waals surface area contributed by atoms with Crippen molar-refractivity contribution in [2.75, 3.05) is 38.0 Å². The van der Waals surface area contributed by atoms with E-state index < -0.39 is 0 Å². The van der Waals surface area contributed by atoms with Gasteiger partial charge >= 0.3 is 0 Å². The fraction of sp³-hybridized carbons (Fsp3) is 0.545. The van der Waals surface area contributed by atoms with Gasteiger partial charge in [-0.2, -0.15) is 0 Å². The maximum absolute atomic E-state index is 11.9. The lowest BCUT2D eigenvalue weighted by atomic mass is 10.3. The third-order valence-electron chi connectivity index (χ3n) is 2.89. The number of amides is 1. The zero-order valence-electron chi connectivity index (χ0n) is 10.3. The van der Waals surface area contributed by atoms with Crippen LogP contribution in [0, 0.1) is 0 Å². The number of carbonyl (C=O) groups excluding carboxylic acids is 1. The monoisotopic (exact) mass is 251 g/mol. The topological polar surface area (TPSA) is 79.3 Å². The fourth-order valence-corrected chi connectivity index (χ4v) is 1.80. The Hall–Kier alpha value is -1.89. The van der Waals surface area contributed by atoms with Crippen LogP contribution < -0.4 is 16.2 Å². The van der Waals surface area contributed by atoms with Crippen molar-refractivity contribution in [2.45, 2.75) is 0 Å². The zero-order valence-corrected chi connectivity index (χ0v) is 10.3. The number of hydrogen-bond acceptors (Lipinski definition) is 5. The summed E-state index contributed by atoms with van der Waals surface area (Å²) in [6.07, 6.45) is 3.10. The predicted octanol–water partition coefficient (Wildman–Crippen LogP) is -1.38. The van der Waals surface area contributed by atoms with Crippen molar-refractivity contribution in [1.29, 1.82) is 0 Å². The molecular formula is C11H17N5O2. The first kappa shape index (κ1) is 12.6. The highest BCUT2D eigenvalue weighted by Crippen LogP contribution is 1.96. The molecule has 2 N–H and O–H groups in total. The van der Waals surface area contributed by atoms with Gasteiger partial charge in [0.25, 0.3) is 5.56 Å². The van der Waals surface area contributed by atoms with Crippen molar-refractivity contribution in [3.63, 3.8) is 0 Å². The molecule has 7 nitrogen and oxygen atoms in total. The highest BCUT2D eigenvalue weighted by Gasteiger charge is 2.16. The van der Waals surface area contributed by atoms with Crippen LogP contribution in [0.5, 0.6) is 0 Å². The van der Waals surface area contributed by atoms with Crippen LogP contribution >= 0.6 is 0 Å². The summed E-state index contributed by atoms with van der Waals surface area (Å²) in [5.74, 6) is 0.202. The van der Waals surface area contributed by atoms with Gasteiger partial charge < -0.3 is 20.1 Å². The predicted molar refractivity (Wildman–Crippen MR) is 67.4 cm³/mol. The molecule has 1 aliphatic rings. The van der Waals surface area contributed by atoms with Gasteiger partial charge in [-0.25, -0.2) is 4.98 Å². The Morgan fingerprint density at radius 2 is 2.22 bits per heavy atom. The molecule has 0 unspecified atom stereocenters. The van der Waals surface area contributed by atoms with Crippen LogP contribution in [0.15, 0.2) is 17.2 Å². The third kappa shape index (κ3) is 2.86. The number of nitrogens with zero attached hydrogens (tertiary/aromatic N) is 3. The first-order valence-corrected chi connectivity index (χ1v) is 5.92. The summed E-state index contributed by atoms with van der Waals surface area (Å²) in [4.78, 5) is 29.2. The molecule has 2 rings (SSSR count). The lowest BCUT2D eigenvalue weighted by Crippen LogP contribution is -2.48. The normalized spacial score (nSPS) is 15.5. The lowest BCUT2D eigenvalue weighted by Gasteiger charge is -2.27. The van der Waals surface area contributed by atoms with Gasteiger partial charge in [0.15, 0.2) is 5.82 Å². The molecule has 7 heteroatoms. The summed E-state index contributed by atoms with van der Waals surface area (Å²) in [6, 6.07) is 0. The van der Waals surface area contributed by atoms with Gasteiger partial charge in [0, 0.05) is 45.6 Å². The summed E-state index contributed by atoms with van der Waals surface area (Å²) in [6.45, 7) is 3.15. The second-order valence-electron chi connectivity index (χ2n) is 4.18. The van der Waals surface area contributed by atoms with Crippen LogP contribution in [-0.2, 0) is 11.8 Å². The molecular weight excluding hydrogens is 234 g/mol. The van der Waals surface area contributed by atoms with E-state index in [1.807, 2.05) is 0 Å². The van der Waals surface area contributed by atoms with E-state index in [9.17, 15) is 9.59 Å². The summed E-state index contributed by atoms with van der Waals surface area (Å²) >= 11 is 0. The standard InChI is InChI=1S/C11H17N5O2/c1-15-5-4-13-10(11(15)18)14-8-9(17)16-6-2-12-3-7-16/h4-5,12H,2-3,6-8H2,1H3,(H,13,14). The SMILES string of the molecule is Cn1ccnc(NCC(=O)N2CCNCC2)c1=O. The van der Waals surface area contributed by atoms with Crippen LogP contribution in [0.1, 0.15) is 0 Å². The lowest BCUT2D eigenvalue weighted by molar-refractivity contribution is -0.129. The number of aromatic nitrogens is 2. The van der Waals surface area contributed by atoms with Gasteiger partial charge in [0.1, 0.15) is 0 Å². The van der Waals surface area contributed by atoms with Gasteiger partial charge in [0.2, 0.25) is 5.91 Å². The van der Waals surface area contributed by atoms with E-state index >= 15 is 0 Å². The first-order chi connectivity index (χ1) is 8.68. The molecule has 1 aromatic rings. The van der Waals surface area contributed by atoms with E-state index in [4.69, 9.17) is 0 Å². The van der Waals surface area contributed by atoms with Gasteiger partial charge in [0.05, 0.1) is 6.54 Å². The quantitative estimate of drug-likeness (QED) is 0.692. The number of hydrogen-bond donors (Lipinski definition) is 2. The molecule has 1 aliphatic heterocycles. The molecule has 0 bridgehead atoms. The van der Waals surface area contributed by atoms with Gasteiger partial charge in [-0.15, -0.1) is 0 Å². The van der Waals surface area contributed by atoms with Crippen molar-refractivity contribution >= 4 is 11.7 Å². The fourth-order valence-electron chi connectivity index (χ4n) is 1.80. The van der Waals surface area contributed by atoms with E-state index in [0.717, 1.165) is 13.1 Å². The van der Waals surface area contributed by atoms with E-state index in [1.54, 1.807) is 18.1 Å². The molecule has 1 amide bonds. The van der Waals surface area contributed by atoms with Crippen LogP contribution in [-0.4, -0.2) is 53.1 Å². The Balaban J connectivity index is 1.92. The van der Waals surface area contributed by atoms with E-state index in [-0.39, 0.29) is 23.8 Å². The van der Waals surface area contributed by atoms with Crippen LogP contribution in [0.25, 0.3) is 0 Å². The third-order valence-corrected chi connectivity index (χ3v) is 2.89. The van der Waals surface area contributed by atoms with Gasteiger partial charge in [-0.3, -0.25) is 9.59 Å². The van der Waals surface area contributed by atoms with Gasteiger partial charge in [-0.1, -0.05) is 0 Å². The second-order valence-corrected chi connectivity index (χ2v) is 4.18. The molecule has 0 radical (unpaired) electrons. The summed E-state index contributed by atoms with van der Waals surface area (Å²) in [5.41, 5.74) is -0.231. The summed E-state index contributed by atoms with van der Waals surface area (Å²) < 4.78 is 1.42. The molecule has 1 aromatic heterocycles. The van der Waals surface area contributed by atoms with Crippen molar-refractivity contribution in [1.82, 2.24) is 19.8 Å². The van der Waals surface area contributed by atoms with Crippen LogP contribution in [0.2, 0.25) is 0 Å². The zero-order chi connectivity index (χ0) is 13.0. The average Bonchev–Trinajstić information content (AvgIpc) is 2.41. The smallest absolute Gasteiger partial charge is 0.293 e. The Kier molecular flexibility index (Phi) is 3.93. The Bertz CT molecular complexity index is 479. The Morgan fingerprint density at radius 3 is 2.94 bits per heavy atom. The van der Waals surface area contributed by atoms with Crippen molar-refractivity contribution in [2.24, 2.45) is 7.05 Å². The minimum Gasteiger partial charge on any atom is -0.356 e. The number of rotatable bonds is 3. The molecule has 0 atom stereocenters.